The summed E-state index contributed by atoms with van der Waals surface area (Å²) in [5.41, 5.74) is 0.111. The van der Waals surface area contributed by atoms with Gasteiger partial charge in [-0.1, -0.05) is 23.8 Å². The topological polar surface area (TPSA) is 51.1 Å². The number of hydrogen-bond donors (Lipinski definition) is 0. The molecule has 110 valence electrons. The second-order valence-electron chi connectivity index (χ2n) is 3.78. The molecular formula is C11H19ClN2O3S2. The average molecular weight is 327 g/mol. The summed E-state index contributed by atoms with van der Waals surface area (Å²) in [6.07, 6.45) is 1.50. The van der Waals surface area contributed by atoms with Crippen molar-refractivity contribution in [2.75, 3.05) is 24.7 Å². The fraction of sp³-hybridized carbons (Fsp3) is 0.818. The highest BCUT2D eigenvalue weighted by Crippen LogP contribution is 2.27. The monoisotopic (exact) mass is 326 g/mol. The minimum absolute atomic E-state index is 0.111. The van der Waals surface area contributed by atoms with E-state index < -0.39 is 6.09 Å². The largest absolute Gasteiger partial charge is 0.450 e. The Morgan fingerprint density at radius 3 is 3.11 bits per heavy atom. The van der Waals surface area contributed by atoms with Gasteiger partial charge in [-0.25, -0.2) is 9.21 Å². The Balaban J connectivity index is 2.21. The van der Waals surface area contributed by atoms with Crippen molar-refractivity contribution in [3.63, 3.8) is 0 Å². The van der Waals surface area contributed by atoms with Gasteiger partial charge in [0.1, 0.15) is 10.5 Å². The molecule has 1 aliphatic heterocycles. The molecule has 0 aromatic rings. The van der Waals surface area contributed by atoms with E-state index in [2.05, 4.69) is 12.1 Å². The summed E-state index contributed by atoms with van der Waals surface area (Å²) in [6.45, 7) is 4.68. The van der Waals surface area contributed by atoms with Gasteiger partial charge in [-0.2, -0.15) is 11.8 Å². The molecule has 1 rings (SSSR count). The van der Waals surface area contributed by atoms with Crippen LogP contribution < -0.4 is 0 Å². The highest BCUT2D eigenvalue weighted by Gasteiger charge is 2.23. The lowest BCUT2D eigenvalue weighted by Crippen LogP contribution is -2.20. The number of hydrogen-bond acceptors (Lipinski definition) is 6. The van der Waals surface area contributed by atoms with Crippen molar-refractivity contribution in [1.82, 2.24) is 4.42 Å². The van der Waals surface area contributed by atoms with Gasteiger partial charge in [0.05, 0.1) is 6.61 Å². The van der Waals surface area contributed by atoms with Gasteiger partial charge < -0.3 is 4.74 Å². The van der Waals surface area contributed by atoms with E-state index in [0.29, 0.717) is 18.2 Å². The van der Waals surface area contributed by atoms with Gasteiger partial charge in [-0.3, -0.25) is 4.84 Å². The summed E-state index contributed by atoms with van der Waals surface area (Å²) in [7, 11) is 0. The smallest absolute Gasteiger partial charge is 0.360 e. The zero-order chi connectivity index (χ0) is 14.1. The van der Waals surface area contributed by atoms with Gasteiger partial charge >= 0.3 is 6.09 Å². The Morgan fingerprint density at radius 2 is 2.42 bits per heavy atom. The molecule has 0 radical (unpaired) electrons. The Morgan fingerprint density at radius 1 is 1.63 bits per heavy atom. The van der Waals surface area contributed by atoms with Crippen LogP contribution in [0, 0.1) is 0 Å². The molecule has 0 bridgehead atoms. The fourth-order valence-electron chi connectivity index (χ4n) is 1.26. The molecule has 1 heterocycles. The van der Waals surface area contributed by atoms with Crippen LogP contribution in [0.5, 0.6) is 0 Å². The second-order valence-corrected chi connectivity index (χ2v) is 6.65. The van der Waals surface area contributed by atoms with E-state index in [4.69, 9.17) is 21.4 Å². The first-order valence-electron chi connectivity index (χ1n) is 6.24. The number of thioether (sulfide) groups is 2. The van der Waals surface area contributed by atoms with Gasteiger partial charge in [0.25, 0.3) is 0 Å². The minimum atomic E-state index is -0.667. The van der Waals surface area contributed by atoms with Crippen molar-refractivity contribution in [3.05, 3.63) is 0 Å². The van der Waals surface area contributed by atoms with Crippen molar-refractivity contribution in [1.29, 1.82) is 0 Å². The Kier molecular flexibility index (Phi) is 8.69. The van der Waals surface area contributed by atoms with Crippen molar-refractivity contribution in [2.24, 2.45) is 5.16 Å². The van der Waals surface area contributed by atoms with Gasteiger partial charge in [-0.05, 0) is 31.3 Å². The quantitative estimate of drug-likeness (QED) is 0.310. The molecule has 1 amide bonds. The second kappa shape index (κ2) is 9.74. The van der Waals surface area contributed by atoms with Gasteiger partial charge in [0.2, 0.25) is 0 Å². The zero-order valence-corrected chi connectivity index (χ0v) is 13.5. The number of halogens is 1. The summed E-state index contributed by atoms with van der Waals surface area (Å²) in [4.78, 5) is 16.0. The van der Waals surface area contributed by atoms with Gasteiger partial charge in [-0.15, -0.1) is 0 Å². The van der Waals surface area contributed by atoms with E-state index in [0.717, 1.165) is 16.6 Å². The third-order valence-corrected chi connectivity index (χ3v) is 4.91. The highest BCUT2D eigenvalue weighted by atomic mass is 35.5. The molecule has 1 saturated heterocycles. The number of oxime groups is 1. The first kappa shape index (κ1) is 16.9. The van der Waals surface area contributed by atoms with Gasteiger partial charge in [0, 0.05) is 18.3 Å². The van der Waals surface area contributed by atoms with Crippen molar-refractivity contribution in [2.45, 2.75) is 32.1 Å². The Bertz CT molecular complexity index is 318. The van der Waals surface area contributed by atoms with Crippen molar-refractivity contribution in [3.8, 4) is 0 Å². The number of nitrogens with zero attached hydrogens (tertiary/aromatic N) is 2. The van der Waals surface area contributed by atoms with E-state index in [1.165, 1.54) is 23.9 Å². The molecule has 1 fully saturated rings. The molecule has 0 N–H and O–H groups in total. The molecule has 5 nitrogen and oxygen atoms in total. The van der Waals surface area contributed by atoms with Crippen LogP contribution in [0.1, 0.15) is 26.7 Å². The van der Waals surface area contributed by atoms with Crippen LogP contribution in [0.15, 0.2) is 5.16 Å². The van der Waals surface area contributed by atoms with Crippen LogP contribution in [-0.2, 0) is 9.57 Å². The average Bonchev–Trinajstić information content (AvgIpc) is 2.88. The molecule has 1 aliphatic rings. The predicted octanol–water partition coefficient (Wildman–Crippen LogP) is 3.54. The highest BCUT2D eigenvalue weighted by molar-refractivity contribution is 8.14. The van der Waals surface area contributed by atoms with Crippen LogP contribution >= 0.6 is 35.3 Å². The third kappa shape index (κ3) is 6.74. The fourth-order valence-corrected chi connectivity index (χ4v) is 3.21. The number of carbonyl (C=O) groups is 1. The van der Waals surface area contributed by atoms with Crippen LogP contribution in [0.25, 0.3) is 0 Å². The molecule has 0 spiro atoms. The summed E-state index contributed by atoms with van der Waals surface area (Å²) < 4.78 is 6.48. The van der Waals surface area contributed by atoms with Crippen LogP contribution in [0.3, 0.4) is 0 Å². The van der Waals surface area contributed by atoms with Crippen molar-refractivity contribution < 1.29 is 14.4 Å². The van der Waals surface area contributed by atoms with Crippen LogP contribution in [0.4, 0.5) is 4.79 Å². The summed E-state index contributed by atoms with van der Waals surface area (Å²) in [6, 6.07) is 0. The maximum Gasteiger partial charge on any atom is 0.450 e. The van der Waals surface area contributed by atoms with E-state index >= 15 is 0 Å². The maximum absolute atomic E-state index is 11.3. The Labute approximate surface area is 127 Å². The summed E-state index contributed by atoms with van der Waals surface area (Å²) in [5, 5.41) is 4.44. The van der Waals surface area contributed by atoms with E-state index in [1.807, 2.05) is 11.8 Å². The standard InChI is InChI=1S/C11H19ClN2O3S2/c1-3-6-18-7-5-10-16-8-9(19-10)13-17-11(15)14(12)4-2/h10H,3-8H2,1-2H3. The molecule has 0 aromatic heterocycles. The van der Waals surface area contributed by atoms with Gasteiger partial charge in [0.15, 0.2) is 0 Å². The van der Waals surface area contributed by atoms with Crippen molar-refractivity contribution >= 4 is 46.4 Å². The lowest BCUT2D eigenvalue weighted by molar-refractivity contribution is 0.128. The molecule has 1 unspecified atom stereocenters. The van der Waals surface area contributed by atoms with Crippen LogP contribution in [0.2, 0.25) is 0 Å². The molecule has 0 aromatic carbocycles. The molecular weight excluding hydrogens is 308 g/mol. The molecule has 0 saturated carbocycles. The number of carbonyl (C=O) groups excluding carboxylic acids is 1. The maximum atomic E-state index is 11.3. The Hall–Kier alpha value is -0.110. The predicted molar refractivity (Wildman–Crippen MR) is 81.7 cm³/mol. The number of amides is 1. The lowest BCUT2D eigenvalue weighted by atomic mass is 10.5. The number of rotatable bonds is 7. The summed E-state index contributed by atoms with van der Waals surface area (Å²) >= 11 is 9.01. The molecule has 1 atom stereocenters. The number of ether oxygens (including phenoxy) is 1. The summed E-state index contributed by atoms with van der Waals surface area (Å²) in [5.74, 6) is 2.25. The molecule has 19 heavy (non-hydrogen) atoms. The lowest BCUT2D eigenvalue weighted by Gasteiger charge is -2.07. The van der Waals surface area contributed by atoms with E-state index in [1.54, 1.807) is 6.92 Å². The third-order valence-electron chi connectivity index (χ3n) is 2.21. The zero-order valence-electron chi connectivity index (χ0n) is 11.1. The first-order chi connectivity index (χ1) is 9.17. The van der Waals surface area contributed by atoms with E-state index in [9.17, 15) is 4.79 Å². The minimum Gasteiger partial charge on any atom is -0.360 e. The van der Waals surface area contributed by atoms with E-state index in [-0.39, 0.29) is 5.44 Å². The normalized spacial score (nSPS) is 20.8. The van der Waals surface area contributed by atoms with Crippen LogP contribution in [-0.4, -0.2) is 45.6 Å². The first-order valence-corrected chi connectivity index (χ1v) is 8.61. The SMILES string of the molecule is CCCSCCC1OCC(=NOC(=O)N(Cl)CC)S1. The molecule has 8 heteroatoms. The molecule has 0 aliphatic carbocycles.